The second-order valence-electron chi connectivity index (χ2n) is 4.35. The molecule has 0 unspecified atom stereocenters. The fraction of sp³-hybridized carbons (Fsp3) is 0.200. The Balaban J connectivity index is 2.07. The van der Waals surface area contributed by atoms with Gasteiger partial charge in [-0.2, -0.15) is 0 Å². The van der Waals surface area contributed by atoms with Gasteiger partial charge in [-0.1, -0.05) is 17.9 Å². The highest BCUT2D eigenvalue weighted by Crippen LogP contribution is 2.16. The van der Waals surface area contributed by atoms with E-state index in [1.165, 1.54) is 22.3 Å². The maximum Gasteiger partial charge on any atom is 0.270 e. The van der Waals surface area contributed by atoms with Crippen molar-refractivity contribution in [3.05, 3.63) is 56.1 Å². The smallest absolute Gasteiger partial charge is 0.270 e. The molecule has 0 saturated carbocycles. The molecule has 2 heterocycles. The summed E-state index contributed by atoms with van der Waals surface area (Å²) in [5.41, 5.74) is 0.784. The Hall–Kier alpha value is -2.36. The zero-order valence-corrected chi connectivity index (χ0v) is 12.2. The van der Waals surface area contributed by atoms with Crippen LogP contribution in [0.3, 0.4) is 0 Å². The second-order valence-corrected chi connectivity index (χ2v) is 5.35. The summed E-state index contributed by atoms with van der Waals surface area (Å²) in [6.07, 6.45) is 0. The summed E-state index contributed by atoms with van der Waals surface area (Å²) in [5.74, 6) is 5.15. The van der Waals surface area contributed by atoms with E-state index in [2.05, 4.69) is 16.8 Å². The van der Waals surface area contributed by atoms with E-state index >= 15 is 0 Å². The summed E-state index contributed by atoms with van der Waals surface area (Å²) in [7, 11) is 1.67. The van der Waals surface area contributed by atoms with Crippen LogP contribution >= 0.6 is 11.3 Å². The van der Waals surface area contributed by atoms with Gasteiger partial charge in [0.25, 0.3) is 5.91 Å². The quantitative estimate of drug-likeness (QED) is 0.832. The second kappa shape index (κ2) is 6.88. The van der Waals surface area contributed by atoms with Crippen LogP contribution in [-0.2, 0) is 6.54 Å². The van der Waals surface area contributed by atoms with E-state index in [9.17, 15) is 9.59 Å². The topological polar surface area (TPSA) is 73.4 Å². The number of thiophene rings is 1. The average molecular weight is 302 g/mol. The Morgan fingerprint density at radius 2 is 2.29 bits per heavy atom. The maximum atomic E-state index is 12.2. The first kappa shape index (κ1) is 15.0. The lowest BCUT2D eigenvalue weighted by atomic mass is 10.3. The number of rotatable bonds is 3. The first-order chi connectivity index (χ1) is 10.1. The molecule has 5 nitrogen and oxygen atoms in total. The highest BCUT2D eigenvalue weighted by atomic mass is 32.1. The minimum atomic E-state index is -0.299. The molecule has 2 N–H and O–H groups in total. The van der Waals surface area contributed by atoms with E-state index in [0.29, 0.717) is 6.54 Å². The van der Waals surface area contributed by atoms with Crippen LogP contribution in [0.4, 0.5) is 0 Å². The average Bonchev–Trinajstić information content (AvgIpc) is 2.91. The molecule has 1 amide bonds. The number of hydrogen-bond donors (Lipinski definition) is 2. The van der Waals surface area contributed by atoms with E-state index in [4.69, 9.17) is 5.11 Å². The van der Waals surface area contributed by atoms with Crippen molar-refractivity contribution in [1.29, 1.82) is 0 Å². The van der Waals surface area contributed by atoms with Gasteiger partial charge in [-0.3, -0.25) is 9.59 Å². The van der Waals surface area contributed by atoms with E-state index < -0.39 is 0 Å². The van der Waals surface area contributed by atoms with Crippen molar-refractivity contribution in [1.82, 2.24) is 9.88 Å². The van der Waals surface area contributed by atoms with Crippen molar-refractivity contribution in [3.8, 4) is 11.8 Å². The van der Waals surface area contributed by atoms with Crippen molar-refractivity contribution in [2.45, 2.75) is 6.54 Å². The first-order valence-corrected chi connectivity index (χ1v) is 7.10. The highest BCUT2D eigenvalue weighted by Gasteiger charge is 2.13. The van der Waals surface area contributed by atoms with E-state index in [1.807, 2.05) is 11.4 Å². The summed E-state index contributed by atoms with van der Waals surface area (Å²) >= 11 is 1.49. The van der Waals surface area contributed by atoms with Crippen LogP contribution in [0, 0.1) is 11.8 Å². The molecule has 2 aromatic heterocycles. The van der Waals surface area contributed by atoms with Gasteiger partial charge in [0.2, 0.25) is 5.56 Å². The minimum Gasteiger partial charge on any atom is -0.384 e. The zero-order valence-electron chi connectivity index (χ0n) is 11.4. The van der Waals surface area contributed by atoms with Gasteiger partial charge in [0, 0.05) is 28.9 Å². The number of nitrogens with one attached hydrogen (secondary N) is 1. The largest absolute Gasteiger partial charge is 0.384 e. The SMILES string of the molecule is CN(Cc1cc(C#CCO)cs1)C(=O)c1cccc(=O)[nH]1. The number of aliphatic hydroxyl groups is 1. The molecule has 0 aliphatic carbocycles. The highest BCUT2D eigenvalue weighted by molar-refractivity contribution is 7.10. The van der Waals surface area contributed by atoms with Crippen molar-refractivity contribution in [2.75, 3.05) is 13.7 Å². The van der Waals surface area contributed by atoms with Gasteiger partial charge in [-0.05, 0) is 12.1 Å². The Morgan fingerprint density at radius 3 is 3.00 bits per heavy atom. The van der Waals surface area contributed by atoms with Crippen molar-refractivity contribution < 1.29 is 9.90 Å². The predicted octanol–water partition coefficient (Wildman–Crippen LogP) is 1.05. The summed E-state index contributed by atoms with van der Waals surface area (Å²) in [5, 5.41) is 10.5. The summed E-state index contributed by atoms with van der Waals surface area (Å²) < 4.78 is 0. The standard InChI is InChI=1S/C15H14N2O3S/c1-17(15(20)13-5-2-6-14(19)16-13)9-12-8-11(10-21-12)4-3-7-18/h2,5-6,8,10,18H,7,9H2,1H3,(H,16,19). The van der Waals surface area contributed by atoms with Crippen LogP contribution in [0.2, 0.25) is 0 Å². The van der Waals surface area contributed by atoms with Gasteiger partial charge in [0.05, 0.1) is 6.54 Å². The molecule has 0 atom stereocenters. The molecule has 6 heteroatoms. The van der Waals surface area contributed by atoms with E-state index in [1.54, 1.807) is 19.2 Å². The van der Waals surface area contributed by atoms with Gasteiger partial charge < -0.3 is 15.0 Å². The molecule has 0 bridgehead atoms. The van der Waals surface area contributed by atoms with Crippen molar-refractivity contribution in [3.63, 3.8) is 0 Å². The third-order valence-corrected chi connectivity index (χ3v) is 3.63. The van der Waals surface area contributed by atoms with E-state index in [0.717, 1.165) is 10.4 Å². The number of nitrogens with zero attached hydrogens (tertiary/aromatic N) is 1. The fourth-order valence-corrected chi connectivity index (χ4v) is 2.62. The lowest BCUT2D eigenvalue weighted by Crippen LogP contribution is -2.28. The number of H-pyrrole nitrogens is 1. The summed E-state index contributed by atoms with van der Waals surface area (Å²) in [4.78, 5) is 28.4. The molecule has 0 saturated heterocycles. The fourth-order valence-electron chi connectivity index (χ4n) is 1.75. The number of aromatic amines is 1. The van der Waals surface area contributed by atoms with Crippen LogP contribution < -0.4 is 5.56 Å². The Kier molecular flexibility index (Phi) is 4.93. The van der Waals surface area contributed by atoms with Crippen molar-refractivity contribution in [2.24, 2.45) is 0 Å². The third kappa shape index (κ3) is 4.05. The van der Waals surface area contributed by atoms with Gasteiger partial charge >= 0.3 is 0 Å². The van der Waals surface area contributed by atoms with E-state index in [-0.39, 0.29) is 23.8 Å². The minimum absolute atomic E-state index is 0.176. The number of amides is 1. The Morgan fingerprint density at radius 1 is 1.48 bits per heavy atom. The molecular formula is C15H14N2O3S. The van der Waals surface area contributed by atoms with Gasteiger partial charge in [-0.25, -0.2) is 0 Å². The van der Waals surface area contributed by atoms with Crippen LogP contribution in [0.5, 0.6) is 0 Å². The number of hydrogen-bond acceptors (Lipinski definition) is 4. The molecule has 0 aliphatic rings. The Bertz CT molecular complexity index is 752. The maximum absolute atomic E-state index is 12.2. The van der Waals surface area contributed by atoms with Gasteiger partial charge in [-0.15, -0.1) is 11.3 Å². The molecule has 2 aromatic rings. The summed E-state index contributed by atoms with van der Waals surface area (Å²) in [6, 6.07) is 6.37. The van der Waals surface area contributed by atoms with Gasteiger partial charge in [0.15, 0.2) is 0 Å². The number of carbonyl (C=O) groups excluding carboxylic acids is 1. The molecule has 0 fully saturated rings. The van der Waals surface area contributed by atoms with Crippen LogP contribution in [-0.4, -0.2) is 34.6 Å². The lowest BCUT2D eigenvalue weighted by molar-refractivity contribution is 0.0780. The third-order valence-electron chi connectivity index (χ3n) is 2.70. The zero-order chi connectivity index (χ0) is 15.2. The molecule has 0 aromatic carbocycles. The van der Waals surface area contributed by atoms with Crippen LogP contribution in [0.15, 0.2) is 34.4 Å². The molecular weight excluding hydrogens is 288 g/mol. The number of aromatic nitrogens is 1. The molecule has 0 spiro atoms. The lowest BCUT2D eigenvalue weighted by Gasteiger charge is -2.15. The summed E-state index contributed by atoms with van der Waals surface area (Å²) in [6.45, 7) is 0.256. The first-order valence-electron chi connectivity index (χ1n) is 6.22. The normalized spacial score (nSPS) is 9.81. The predicted molar refractivity (Wildman–Crippen MR) is 81.1 cm³/mol. The number of carbonyl (C=O) groups is 1. The molecule has 0 radical (unpaired) electrons. The van der Waals surface area contributed by atoms with Gasteiger partial charge in [0.1, 0.15) is 12.3 Å². The monoisotopic (exact) mass is 302 g/mol. The van der Waals surface area contributed by atoms with Crippen LogP contribution in [0.25, 0.3) is 0 Å². The molecule has 21 heavy (non-hydrogen) atoms. The number of aliphatic hydroxyl groups excluding tert-OH is 1. The molecule has 2 rings (SSSR count). The molecule has 108 valence electrons. The Labute approximate surface area is 125 Å². The van der Waals surface area contributed by atoms with Crippen LogP contribution in [0.1, 0.15) is 20.9 Å². The number of pyridine rings is 1. The van der Waals surface area contributed by atoms with Crippen molar-refractivity contribution >= 4 is 17.2 Å². The molecule has 0 aliphatic heterocycles.